The van der Waals surface area contributed by atoms with Crippen LogP contribution in [0.15, 0.2) is 60.8 Å². The van der Waals surface area contributed by atoms with Gasteiger partial charge in [-0.2, -0.15) is 0 Å². The second-order valence-corrected chi connectivity index (χ2v) is 14.5. The van der Waals surface area contributed by atoms with Crippen LogP contribution < -0.4 is 5.32 Å². The first-order valence-electron chi connectivity index (χ1n) is 21.6. The van der Waals surface area contributed by atoms with E-state index in [-0.39, 0.29) is 24.9 Å². The molecule has 0 fully saturated rings. The summed E-state index contributed by atoms with van der Waals surface area (Å²) in [7, 11) is 0. The second kappa shape index (κ2) is 39.8. The SMILES string of the molecule is CC/C=C/C=C/C=C\C=C/C=C/CC(CC(=O)NC(CO)C(O)CCCCCCCCCCCC)OC(=O)CCCCCCCCCCCCCC. The number of ether oxygens (including phenoxy) is 1. The third kappa shape index (κ3) is 34.6. The maximum Gasteiger partial charge on any atom is 0.306 e. The van der Waals surface area contributed by atoms with Gasteiger partial charge in [0.05, 0.1) is 25.2 Å². The number of hydrogen-bond donors (Lipinski definition) is 3. The zero-order valence-corrected chi connectivity index (χ0v) is 33.9. The molecule has 0 saturated carbocycles. The second-order valence-electron chi connectivity index (χ2n) is 14.5. The Bertz CT molecular complexity index is 952. The van der Waals surface area contributed by atoms with Crippen molar-refractivity contribution in [3.05, 3.63) is 60.8 Å². The minimum atomic E-state index is -0.814. The molecule has 3 unspecified atom stereocenters. The van der Waals surface area contributed by atoms with Crippen LogP contribution in [0.2, 0.25) is 0 Å². The number of carbonyl (C=O) groups is 2. The first-order valence-corrected chi connectivity index (χ1v) is 21.6. The van der Waals surface area contributed by atoms with Crippen LogP contribution in [0.4, 0.5) is 0 Å². The van der Waals surface area contributed by atoms with Crippen molar-refractivity contribution in [3.63, 3.8) is 0 Å². The first kappa shape index (κ1) is 49.6. The van der Waals surface area contributed by atoms with Gasteiger partial charge < -0.3 is 20.3 Å². The van der Waals surface area contributed by atoms with Gasteiger partial charge in [0, 0.05) is 12.8 Å². The summed E-state index contributed by atoms with van der Waals surface area (Å²) in [4.78, 5) is 25.8. The number of aliphatic hydroxyl groups is 2. The Kier molecular flexibility index (Phi) is 37.9. The van der Waals surface area contributed by atoms with Crippen molar-refractivity contribution >= 4 is 11.9 Å². The summed E-state index contributed by atoms with van der Waals surface area (Å²) in [5, 5.41) is 23.5. The molecule has 0 aromatic carbocycles. The van der Waals surface area contributed by atoms with Crippen molar-refractivity contribution in [3.8, 4) is 0 Å². The molecule has 3 N–H and O–H groups in total. The largest absolute Gasteiger partial charge is 0.461 e. The van der Waals surface area contributed by atoms with E-state index >= 15 is 0 Å². The lowest BCUT2D eigenvalue weighted by Gasteiger charge is -2.24. The van der Waals surface area contributed by atoms with Crippen LogP contribution in [0.25, 0.3) is 0 Å². The van der Waals surface area contributed by atoms with Crippen LogP contribution in [0.1, 0.15) is 194 Å². The number of aliphatic hydroxyl groups excluding tert-OH is 2. The Labute approximate surface area is 320 Å². The highest BCUT2D eigenvalue weighted by Gasteiger charge is 2.23. The highest BCUT2D eigenvalue weighted by Crippen LogP contribution is 2.16. The van der Waals surface area contributed by atoms with Gasteiger partial charge in [0.1, 0.15) is 6.10 Å². The molecule has 6 nitrogen and oxygen atoms in total. The zero-order chi connectivity index (χ0) is 38.2. The maximum atomic E-state index is 13.0. The number of rotatable bonds is 37. The van der Waals surface area contributed by atoms with Crippen molar-refractivity contribution in [2.45, 2.75) is 212 Å². The molecule has 3 atom stereocenters. The van der Waals surface area contributed by atoms with E-state index in [4.69, 9.17) is 4.74 Å². The van der Waals surface area contributed by atoms with E-state index in [0.29, 0.717) is 19.3 Å². The van der Waals surface area contributed by atoms with E-state index in [2.05, 4.69) is 32.2 Å². The van der Waals surface area contributed by atoms with Crippen LogP contribution in [-0.2, 0) is 14.3 Å². The number of esters is 1. The third-order valence-electron chi connectivity index (χ3n) is 9.49. The third-order valence-corrected chi connectivity index (χ3v) is 9.49. The standard InChI is InChI=1S/C46H81NO5/c1-4-7-10-13-16-19-22-24-27-30-33-36-39-46(51)52-42(37-34-31-28-25-23-20-17-14-11-8-5-2)40-45(50)47-43(41-48)44(49)38-35-32-29-26-21-18-15-12-9-6-3/h8,11,14,17,20,23,25,28,31,34,42-44,48-49H,4-7,9-10,12-13,15-16,18-19,21-22,24,26-27,29-30,32-33,35-41H2,1-3H3,(H,47,50)/b11-8+,17-14+,23-20-,28-25-,34-31+. The minimum Gasteiger partial charge on any atom is -0.461 e. The van der Waals surface area contributed by atoms with E-state index in [0.717, 1.165) is 44.9 Å². The summed E-state index contributed by atoms with van der Waals surface area (Å²) in [5.74, 6) is -0.611. The number of carbonyl (C=O) groups excluding carboxylic acids is 2. The lowest BCUT2D eigenvalue weighted by molar-refractivity contribution is -0.150. The first-order chi connectivity index (χ1) is 25.5. The lowest BCUT2D eigenvalue weighted by Crippen LogP contribution is -2.46. The highest BCUT2D eigenvalue weighted by atomic mass is 16.5. The average Bonchev–Trinajstić information content (AvgIpc) is 3.13. The molecular weight excluding hydrogens is 647 g/mol. The summed E-state index contributed by atoms with van der Waals surface area (Å²) >= 11 is 0. The monoisotopic (exact) mass is 728 g/mol. The normalized spacial score (nSPS) is 14.0. The van der Waals surface area contributed by atoms with Crippen LogP contribution in [0.5, 0.6) is 0 Å². The van der Waals surface area contributed by atoms with Crippen molar-refractivity contribution in [1.82, 2.24) is 5.32 Å². The molecule has 1 amide bonds. The Morgan fingerprint density at radius 3 is 1.46 bits per heavy atom. The molecule has 0 radical (unpaired) electrons. The Hall–Kier alpha value is -2.44. The molecule has 0 aliphatic heterocycles. The summed E-state index contributed by atoms with van der Waals surface area (Å²) in [6.45, 7) is 6.26. The number of unbranched alkanes of at least 4 members (excludes halogenated alkanes) is 20. The minimum absolute atomic E-state index is 0.0182. The molecule has 0 saturated heterocycles. The van der Waals surface area contributed by atoms with Crippen molar-refractivity contribution in [2.24, 2.45) is 0 Å². The Balaban J connectivity index is 4.76. The fourth-order valence-corrected chi connectivity index (χ4v) is 6.21. The van der Waals surface area contributed by atoms with Gasteiger partial charge in [-0.3, -0.25) is 9.59 Å². The molecule has 52 heavy (non-hydrogen) atoms. The van der Waals surface area contributed by atoms with Gasteiger partial charge in [-0.1, -0.05) is 216 Å². The van der Waals surface area contributed by atoms with Crippen molar-refractivity contribution < 1.29 is 24.5 Å². The number of hydrogen-bond acceptors (Lipinski definition) is 5. The van der Waals surface area contributed by atoms with Crippen LogP contribution in [0.3, 0.4) is 0 Å². The highest BCUT2D eigenvalue weighted by molar-refractivity contribution is 5.77. The predicted molar refractivity (Wildman–Crippen MR) is 222 cm³/mol. The molecule has 0 aromatic rings. The predicted octanol–water partition coefficient (Wildman–Crippen LogP) is 12.1. The summed E-state index contributed by atoms with van der Waals surface area (Å²) in [5.41, 5.74) is 0. The molecular formula is C46H81NO5. The average molecular weight is 728 g/mol. The summed E-state index contributed by atoms with van der Waals surface area (Å²) in [6, 6.07) is -0.736. The van der Waals surface area contributed by atoms with Gasteiger partial charge in [-0.15, -0.1) is 0 Å². The quantitative estimate of drug-likeness (QED) is 0.0336. The molecule has 0 heterocycles. The zero-order valence-electron chi connectivity index (χ0n) is 33.9. The number of allylic oxidation sites excluding steroid dienone is 9. The molecule has 300 valence electrons. The van der Waals surface area contributed by atoms with Crippen molar-refractivity contribution in [2.75, 3.05) is 6.61 Å². The molecule has 0 spiro atoms. The molecule has 6 heteroatoms. The van der Waals surface area contributed by atoms with Gasteiger partial charge >= 0.3 is 5.97 Å². The van der Waals surface area contributed by atoms with Gasteiger partial charge in [-0.25, -0.2) is 0 Å². The van der Waals surface area contributed by atoms with Crippen LogP contribution in [0, 0.1) is 0 Å². The van der Waals surface area contributed by atoms with Crippen molar-refractivity contribution in [1.29, 1.82) is 0 Å². The molecule has 0 aliphatic rings. The fraction of sp³-hybridized carbons (Fsp3) is 0.739. The molecule has 0 aliphatic carbocycles. The summed E-state index contributed by atoms with van der Waals surface area (Å²) in [6.07, 6.45) is 47.3. The van der Waals surface area contributed by atoms with Crippen LogP contribution in [-0.4, -0.2) is 46.9 Å². The maximum absolute atomic E-state index is 13.0. The fourth-order valence-electron chi connectivity index (χ4n) is 6.21. The molecule has 0 bridgehead atoms. The van der Waals surface area contributed by atoms with Gasteiger partial charge in [0.15, 0.2) is 0 Å². The van der Waals surface area contributed by atoms with Gasteiger partial charge in [0.25, 0.3) is 0 Å². The van der Waals surface area contributed by atoms with Crippen LogP contribution >= 0.6 is 0 Å². The van der Waals surface area contributed by atoms with E-state index in [1.165, 1.54) is 103 Å². The lowest BCUT2D eigenvalue weighted by atomic mass is 10.0. The van der Waals surface area contributed by atoms with E-state index < -0.39 is 18.2 Å². The smallest absolute Gasteiger partial charge is 0.306 e. The number of amides is 1. The van der Waals surface area contributed by atoms with E-state index in [1.807, 2.05) is 54.7 Å². The van der Waals surface area contributed by atoms with Gasteiger partial charge in [0.2, 0.25) is 5.91 Å². The summed E-state index contributed by atoms with van der Waals surface area (Å²) < 4.78 is 5.80. The van der Waals surface area contributed by atoms with E-state index in [1.54, 1.807) is 0 Å². The molecule has 0 aromatic heterocycles. The Morgan fingerprint density at radius 2 is 1.00 bits per heavy atom. The Morgan fingerprint density at radius 1 is 0.577 bits per heavy atom. The number of nitrogens with one attached hydrogen (secondary N) is 1. The molecule has 0 rings (SSSR count). The van der Waals surface area contributed by atoms with Gasteiger partial charge in [-0.05, 0) is 19.3 Å². The topological polar surface area (TPSA) is 95.9 Å². The van der Waals surface area contributed by atoms with E-state index in [9.17, 15) is 19.8 Å².